The molecule has 0 spiro atoms. The van der Waals surface area contributed by atoms with E-state index in [4.69, 9.17) is 5.11 Å². The Kier molecular flexibility index (Phi) is 3.77. The number of carboxylic acid groups (broad SMARTS) is 1. The van der Waals surface area contributed by atoms with Gasteiger partial charge in [-0.3, -0.25) is 4.79 Å². The van der Waals surface area contributed by atoms with Gasteiger partial charge in [-0.15, -0.1) is 0 Å². The molecule has 1 aromatic carbocycles. The van der Waals surface area contributed by atoms with E-state index in [-0.39, 0.29) is 23.1 Å². The van der Waals surface area contributed by atoms with Gasteiger partial charge >= 0.3 is 5.97 Å². The molecule has 2 N–H and O–H groups in total. The molecule has 0 heterocycles. The maximum Gasteiger partial charge on any atom is 0.336 e. The van der Waals surface area contributed by atoms with Gasteiger partial charge in [-0.05, 0) is 31.4 Å². The van der Waals surface area contributed by atoms with E-state index in [9.17, 15) is 9.59 Å². The molecular weight excluding hydrogens is 230 g/mol. The van der Waals surface area contributed by atoms with Crippen LogP contribution in [-0.2, 0) is 0 Å². The normalized spacial score (nSPS) is 18.3. The number of allylic oxidation sites excluding steroid dienone is 1. The summed E-state index contributed by atoms with van der Waals surface area (Å²) in [6.45, 7) is 0. The molecular formula is C14H15NO3. The highest BCUT2D eigenvalue weighted by molar-refractivity contribution is 6.04. The molecule has 0 saturated heterocycles. The minimum absolute atomic E-state index is 0.0429. The number of hydrogen-bond acceptors (Lipinski definition) is 2. The van der Waals surface area contributed by atoms with E-state index < -0.39 is 5.97 Å². The van der Waals surface area contributed by atoms with Crippen molar-refractivity contribution in [1.29, 1.82) is 0 Å². The van der Waals surface area contributed by atoms with Gasteiger partial charge in [0.1, 0.15) is 0 Å². The summed E-state index contributed by atoms with van der Waals surface area (Å²) >= 11 is 0. The second-order valence-corrected chi connectivity index (χ2v) is 4.31. The Morgan fingerprint density at radius 1 is 1.17 bits per heavy atom. The summed E-state index contributed by atoms with van der Waals surface area (Å²) < 4.78 is 0. The second-order valence-electron chi connectivity index (χ2n) is 4.31. The molecule has 4 nitrogen and oxygen atoms in total. The number of aromatic carboxylic acids is 1. The molecule has 1 aliphatic rings. The minimum Gasteiger partial charge on any atom is -0.478 e. The van der Waals surface area contributed by atoms with Crippen molar-refractivity contribution in [3.63, 3.8) is 0 Å². The summed E-state index contributed by atoms with van der Waals surface area (Å²) in [6, 6.07) is 6.37. The van der Waals surface area contributed by atoms with E-state index in [1.807, 2.05) is 6.08 Å². The zero-order valence-corrected chi connectivity index (χ0v) is 9.93. The van der Waals surface area contributed by atoms with Crippen LogP contribution in [0.2, 0.25) is 0 Å². The quantitative estimate of drug-likeness (QED) is 0.802. The van der Waals surface area contributed by atoms with E-state index >= 15 is 0 Å². The fourth-order valence-electron chi connectivity index (χ4n) is 2.06. The number of rotatable bonds is 3. The fourth-order valence-corrected chi connectivity index (χ4v) is 2.06. The first-order valence-electron chi connectivity index (χ1n) is 5.96. The van der Waals surface area contributed by atoms with Crippen LogP contribution in [0.15, 0.2) is 36.4 Å². The SMILES string of the molecule is O=C(O)c1ccccc1C(=O)NC1CC=CCC1. The van der Waals surface area contributed by atoms with Crippen LogP contribution in [0.3, 0.4) is 0 Å². The van der Waals surface area contributed by atoms with E-state index in [1.165, 1.54) is 12.1 Å². The van der Waals surface area contributed by atoms with Crippen molar-refractivity contribution in [2.45, 2.75) is 25.3 Å². The van der Waals surface area contributed by atoms with Crippen LogP contribution in [0, 0.1) is 0 Å². The predicted molar refractivity (Wildman–Crippen MR) is 67.6 cm³/mol. The van der Waals surface area contributed by atoms with Crippen molar-refractivity contribution in [3.8, 4) is 0 Å². The Labute approximate surface area is 105 Å². The lowest BCUT2D eigenvalue weighted by Crippen LogP contribution is -2.36. The lowest BCUT2D eigenvalue weighted by molar-refractivity contribution is 0.0690. The Bertz CT molecular complexity index is 494. The molecule has 0 aliphatic heterocycles. The molecule has 94 valence electrons. The Balaban J connectivity index is 2.13. The number of amides is 1. The number of nitrogens with one attached hydrogen (secondary N) is 1. The minimum atomic E-state index is -1.08. The number of carbonyl (C=O) groups excluding carboxylic acids is 1. The lowest BCUT2D eigenvalue weighted by Gasteiger charge is -2.19. The first-order chi connectivity index (χ1) is 8.68. The summed E-state index contributed by atoms with van der Waals surface area (Å²) in [6.07, 6.45) is 6.79. The van der Waals surface area contributed by atoms with Gasteiger partial charge in [-0.2, -0.15) is 0 Å². The van der Waals surface area contributed by atoms with Gasteiger partial charge in [-0.1, -0.05) is 24.3 Å². The maximum absolute atomic E-state index is 12.0. The zero-order chi connectivity index (χ0) is 13.0. The zero-order valence-electron chi connectivity index (χ0n) is 9.93. The summed E-state index contributed by atoms with van der Waals surface area (Å²) in [5.74, 6) is -1.39. The van der Waals surface area contributed by atoms with Gasteiger partial charge in [0.15, 0.2) is 0 Å². The molecule has 1 aliphatic carbocycles. The van der Waals surface area contributed by atoms with Crippen LogP contribution in [0.25, 0.3) is 0 Å². The van der Waals surface area contributed by atoms with Crippen molar-refractivity contribution >= 4 is 11.9 Å². The first kappa shape index (κ1) is 12.4. The number of hydrogen-bond donors (Lipinski definition) is 2. The average Bonchev–Trinajstić information content (AvgIpc) is 2.40. The van der Waals surface area contributed by atoms with E-state index in [0.29, 0.717) is 0 Å². The van der Waals surface area contributed by atoms with Crippen molar-refractivity contribution in [2.24, 2.45) is 0 Å². The first-order valence-corrected chi connectivity index (χ1v) is 5.96. The third kappa shape index (κ3) is 2.77. The molecule has 0 bridgehead atoms. The molecule has 0 saturated carbocycles. The van der Waals surface area contributed by atoms with E-state index in [1.54, 1.807) is 12.1 Å². The Morgan fingerprint density at radius 3 is 2.50 bits per heavy atom. The third-order valence-corrected chi connectivity index (χ3v) is 3.01. The highest BCUT2D eigenvalue weighted by Crippen LogP contribution is 2.13. The van der Waals surface area contributed by atoms with Gasteiger partial charge < -0.3 is 10.4 Å². The molecule has 4 heteroatoms. The molecule has 0 aromatic heterocycles. The van der Waals surface area contributed by atoms with Crippen LogP contribution in [-0.4, -0.2) is 23.0 Å². The summed E-state index contributed by atoms with van der Waals surface area (Å²) in [5, 5.41) is 11.9. The smallest absolute Gasteiger partial charge is 0.336 e. The van der Waals surface area contributed by atoms with E-state index in [0.717, 1.165) is 19.3 Å². The van der Waals surface area contributed by atoms with Gasteiger partial charge in [0.05, 0.1) is 11.1 Å². The van der Waals surface area contributed by atoms with Gasteiger partial charge in [0, 0.05) is 6.04 Å². The molecule has 1 aromatic rings. The fraction of sp³-hybridized carbons (Fsp3) is 0.286. The van der Waals surface area contributed by atoms with Gasteiger partial charge in [0.2, 0.25) is 0 Å². The summed E-state index contributed by atoms with van der Waals surface area (Å²) in [5.41, 5.74) is 0.265. The molecule has 0 radical (unpaired) electrons. The number of carbonyl (C=O) groups is 2. The molecule has 1 unspecified atom stereocenters. The second kappa shape index (κ2) is 5.49. The molecule has 2 rings (SSSR count). The highest BCUT2D eigenvalue weighted by Gasteiger charge is 2.18. The van der Waals surface area contributed by atoms with Crippen molar-refractivity contribution < 1.29 is 14.7 Å². The maximum atomic E-state index is 12.0. The van der Waals surface area contributed by atoms with Crippen molar-refractivity contribution in [1.82, 2.24) is 5.32 Å². The Hall–Kier alpha value is -2.10. The summed E-state index contributed by atoms with van der Waals surface area (Å²) in [4.78, 5) is 23.1. The summed E-state index contributed by atoms with van der Waals surface area (Å²) in [7, 11) is 0. The van der Waals surface area contributed by atoms with Crippen molar-refractivity contribution in [2.75, 3.05) is 0 Å². The van der Waals surface area contributed by atoms with Gasteiger partial charge in [0.25, 0.3) is 5.91 Å². The molecule has 1 atom stereocenters. The topological polar surface area (TPSA) is 66.4 Å². The number of carboxylic acids is 1. The van der Waals surface area contributed by atoms with Crippen LogP contribution in [0.4, 0.5) is 0 Å². The Morgan fingerprint density at radius 2 is 1.89 bits per heavy atom. The average molecular weight is 245 g/mol. The standard InChI is InChI=1S/C14H15NO3/c16-13(15-10-6-2-1-3-7-10)11-8-4-5-9-12(11)14(17)18/h1-2,4-5,8-10H,3,6-7H2,(H,15,16)(H,17,18). The highest BCUT2D eigenvalue weighted by atomic mass is 16.4. The van der Waals surface area contributed by atoms with Crippen LogP contribution < -0.4 is 5.32 Å². The number of benzene rings is 1. The molecule has 18 heavy (non-hydrogen) atoms. The monoisotopic (exact) mass is 245 g/mol. The van der Waals surface area contributed by atoms with Crippen molar-refractivity contribution in [3.05, 3.63) is 47.5 Å². The molecule has 1 amide bonds. The van der Waals surface area contributed by atoms with Gasteiger partial charge in [-0.25, -0.2) is 4.79 Å². The largest absolute Gasteiger partial charge is 0.478 e. The van der Waals surface area contributed by atoms with Crippen LogP contribution in [0.1, 0.15) is 40.0 Å². The lowest BCUT2D eigenvalue weighted by atomic mass is 10.0. The molecule has 0 fully saturated rings. The third-order valence-electron chi connectivity index (χ3n) is 3.01. The van der Waals surface area contributed by atoms with Crippen LogP contribution in [0.5, 0.6) is 0 Å². The van der Waals surface area contributed by atoms with E-state index in [2.05, 4.69) is 11.4 Å². The predicted octanol–water partition coefficient (Wildman–Crippen LogP) is 2.22. The van der Waals surface area contributed by atoms with Crippen LogP contribution >= 0.6 is 0 Å².